The number of amides is 2. The lowest BCUT2D eigenvalue weighted by Gasteiger charge is -2.32. The third-order valence-corrected chi connectivity index (χ3v) is 7.98. The van der Waals surface area contributed by atoms with E-state index in [9.17, 15) is 18.0 Å². The minimum Gasteiger partial charge on any atom is -0.497 e. The van der Waals surface area contributed by atoms with Gasteiger partial charge in [0.1, 0.15) is 29.8 Å². The first-order valence-corrected chi connectivity index (χ1v) is 13.5. The first-order valence-electron chi connectivity index (χ1n) is 12.1. The SMILES string of the molecule is CNC(=O)C(C)N(Cc1ccc(OC)cc1)C(=O)CN(c1ccccc1OC)S(=O)(=O)c1ccc(OC)cc1. The van der Waals surface area contributed by atoms with E-state index in [2.05, 4.69) is 5.32 Å². The van der Waals surface area contributed by atoms with Gasteiger partial charge in [0.05, 0.1) is 31.9 Å². The Labute approximate surface area is 229 Å². The van der Waals surface area contributed by atoms with Crippen LogP contribution in [0.15, 0.2) is 77.7 Å². The molecule has 0 fully saturated rings. The van der Waals surface area contributed by atoms with Crippen molar-refractivity contribution < 1.29 is 32.2 Å². The van der Waals surface area contributed by atoms with E-state index in [1.165, 1.54) is 50.4 Å². The lowest BCUT2D eigenvalue weighted by Crippen LogP contribution is -2.50. The third-order valence-electron chi connectivity index (χ3n) is 6.21. The molecule has 0 aromatic heterocycles. The van der Waals surface area contributed by atoms with Crippen molar-refractivity contribution in [2.24, 2.45) is 0 Å². The quantitative estimate of drug-likeness (QED) is 0.365. The van der Waals surface area contributed by atoms with Gasteiger partial charge in [-0.25, -0.2) is 8.42 Å². The van der Waals surface area contributed by atoms with Crippen LogP contribution < -0.4 is 23.8 Å². The number of nitrogens with zero attached hydrogens (tertiary/aromatic N) is 2. The number of hydrogen-bond donors (Lipinski definition) is 1. The molecule has 1 unspecified atom stereocenters. The van der Waals surface area contributed by atoms with E-state index in [-0.39, 0.29) is 22.9 Å². The van der Waals surface area contributed by atoms with E-state index in [1.54, 1.807) is 62.6 Å². The van der Waals surface area contributed by atoms with Crippen LogP contribution in [0.25, 0.3) is 0 Å². The highest BCUT2D eigenvalue weighted by molar-refractivity contribution is 7.92. The van der Waals surface area contributed by atoms with Crippen LogP contribution in [0.5, 0.6) is 17.2 Å². The summed E-state index contributed by atoms with van der Waals surface area (Å²) < 4.78 is 44.6. The molecule has 3 rings (SSSR count). The smallest absolute Gasteiger partial charge is 0.264 e. The van der Waals surface area contributed by atoms with E-state index in [0.717, 1.165) is 9.87 Å². The number of ether oxygens (including phenoxy) is 3. The summed E-state index contributed by atoms with van der Waals surface area (Å²) >= 11 is 0. The second-order valence-corrected chi connectivity index (χ2v) is 10.4. The largest absolute Gasteiger partial charge is 0.497 e. The molecule has 0 aliphatic rings. The first kappa shape index (κ1) is 29.3. The molecular formula is C28H33N3O7S. The van der Waals surface area contributed by atoms with Gasteiger partial charge in [-0.2, -0.15) is 0 Å². The predicted molar refractivity (Wildman–Crippen MR) is 148 cm³/mol. The summed E-state index contributed by atoms with van der Waals surface area (Å²) in [6.07, 6.45) is 0. The molecule has 3 aromatic carbocycles. The Bertz CT molecular complexity index is 1380. The third kappa shape index (κ3) is 6.80. The Morgan fingerprint density at radius 2 is 1.41 bits per heavy atom. The number of carbonyl (C=O) groups is 2. The maximum atomic E-state index is 13.9. The first-order chi connectivity index (χ1) is 18.7. The minimum absolute atomic E-state index is 0.0388. The molecule has 39 heavy (non-hydrogen) atoms. The van der Waals surface area contributed by atoms with Gasteiger partial charge in [0, 0.05) is 13.6 Å². The van der Waals surface area contributed by atoms with Crippen molar-refractivity contribution in [1.29, 1.82) is 0 Å². The molecule has 0 aliphatic heterocycles. The van der Waals surface area contributed by atoms with Crippen molar-refractivity contribution in [3.63, 3.8) is 0 Å². The molecule has 3 aromatic rings. The van der Waals surface area contributed by atoms with Gasteiger partial charge in [0.2, 0.25) is 11.8 Å². The maximum absolute atomic E-state index is 13.9. The topological polar surface area (TPSA) is 114 Å². The number of anilines is 1. The molecule has 0 radical (unpaired) electrons. The monoisotopic (exact) mass is 555 g/mol. The Balaban J connectivity index is 2.05. The van der Waals surface area contributed by atoms with Crippen LogP contribution in [0, 0.1) is 0 Å². The number of sulfonamides is 1. The van der Waals surface area contributed by atoms with Crippen molar-refractivity contribution in [2.75, 3.05) is 39.2 Å². The Kier molecular flexibility index (Phi) is 9.78. The predicted octanol–water partition coefficient (Wildman–Crippen LogP) is 3.07. The van der Waals surface area contributed by atoms with E-state index in [0.29, 0.717) is 11.5 Å². The Hall–Kier alpha value is -4.25. The van der Waals surface area contributed by atoms with Crippen LogP contribution in [0.4, 0.5) is 5.69 Å². The van der Waals surface area contributed by atoms with Gasteiger partial charge in [-0.1, -0.05) is 24.3 Å². The number of para-hydroxylation sites is 2. The number of benzene rings is 3. The standard InChI is InChI=1S/C28H33N3O7S/c1-20(28(33)29-2)30(18-21-10-12-22(36-3)13-11-21)27(32)19-31(25-8-6-7-9-26(25)38-5)39(34,35)24-16-14-23(37-4)15-17-24/h6-17,20H,18-19H2,1-5H3,(H,29,33). The summed E-state index contributed by atoms with van der Waals surface area (Å²) in [6, 6.07) is 18.6. The van der Waals surface area contributed by atoms with E-state index < -0.39 is 34.4 Å². The van der Waals surface area contributed by atoms with Crippen molar-refractivity contribution >= 4 is 27.5 Å². The normalized spacial score (nSPS) is 11.7. The Morgan fingerprint density at radius 1 is 0.846 bits per heavy atom. The van der Waals surface area contributed by atoms with E-state index in [4.69, 9.17) is 14.2 Å². The molecule has 0 saturated carbocycles. The van der Waals surface area contributed by atoms with Gasteiger partial charge in [-0.05, 0) is 61.0 Å². The fourth-order valence-electron chi connectivity index (χ4n) is 3.94. The summed E-state index contributed by atoms with van der Waals surface area (Å²) in [7, 11) is 1.69. The van der Waals surface area contributed by atoms with E-state index >= 15 is 0 Å². The van der Waals surface area contributed by atoms with Crippen LogP contribution in [0.1, 0.15) is 12.5 Å². The summed E-state index contributed by atoms with van der Waals surface area (Å²) in [5, 5.41) is 2.56. The lowest BCUT2D eigenvalue weighted by atomic mass is 10.1. The van der Waals surface area contributed by atoms with Gasteiger partial charge in [0.15, 0.2) is 0 Å². The number of carbonyl (C=O) groups excluding carboxylic acids is 2. The summed E-state index contributed by atoms with van der Waals surface area (Å²) in [4.78, 5) is 27.7. The van der Waals surface area contributed by atoms with Crippen LogP contribution >= 0.6 is 0 Å². The zero-order valence-corrected chi connectivity index (χ0v) is 23.4. The van der Waals surface area contributed by atoms with Gasteiger partial charge in [0.25, 0.3) is 10.0 Å². The van der Waals surface area contributed by atoms with Crippen molar-refractivity contribution in [3.8, 4) is 17.2 Å². The number of rotatable bonds is 12. The summed E-state index contributed by atoms with van der Waals surface area (Å²) in [6.45, 7) is 1.08. The fraction of sp³-hybridized carbons (Fsp3) is 0.286. The zero-order chi connectivity index (χ0) is 28.6. The van der Waals surface area contributed by atoms with Crippen LogP contribution in [0.2, 0.25) is 0 Å². The molecule has 0 aliphatic carbocycles. The maximum Gasteiger partial charge on any atom is 0.264 e. The van der Waals surface area contributed by atoms with Gasteiger partial charge in [-0.15, -0.1) is 0 Å². The molecule has 2 amide bonds. The number of likely N-dealkylation sites (N-methyl/N-ethyl adjacent to an activating group) is 1. The summed E-state index contributed by atoms with van der Waals surface area (Å²) in [5.41, 5.74) is 0.919. The molecule has 10 nitrogen and oxygen atoms in total. The highest BCUT2D eigenvalue weighted by atomic mass is 32.2. The van der Waals surface area contributed by atoms with Gasteiger partial charge in [-0.3, -0.25) is 13.9 Å². The summed E-state index contributed by atoms with van der Waals surface area (Å²) in [5.74, 6) is 0.426. The number of hydrogen-bond acceptors (Lipinski definition) is 7. The lowest BCUT2D eigenvalue weighted by molar-refractivity contribution is -0.139. The molecule has 0 saturated heterocycles. The highest BCUT2D eigenvalue weighted by Gasteiger charge is 2.33. The van der Waals surface area contributed by atoms with Gasteiger partial charge >= 0.3 is 0 Å². The van der Waals surface area contributed by atoms with Crippen molar-refractivity contribution in [1.82, 2.24) is 10.2 Å². The molecule has 208 valence electrons. The average molecular weight is 556 g/mol. The van der Waals surface area contributed by atoms with Crippen LogP contribution in [-0.4, -0.2) is 66.1 Å². The average Bonchev–Trinajstić information content (AvgIpc) is 2.97. The molecule has 0 bridgehead atoms. The highest BCUT2D eigenvalue weighted by Crippen LogP contribution is 2.33. The zero-order valence-electron chi connectivity index (χ0n) is 22.6. The van der Waals surface area contributed by atoms with Crippen LogP contribution in [0.3, 0.4) is 0 Å². The minimum atomic E-state index is -4.24. The number of methoxy groups -OCH3 is 3. The second kappa shape index (κ2) is 13.0. The second-order valence-electron chi connectivity index (χ2n) is 8.52. The van der Waals surface area contributed by atoms with Crippen molar-refractivity contribution in [3.05, 3.63) is 78.4 Å². The Morgan fingerprint density at radius 3 is 1.95 bits per heavy atom. The van der Waals surface area contributed by atoms with Gasteiger partial charge < -0.3 is 24.4 Å². The molecule has 1 atom stereocenters. The number of nitrogens with one attached hydrogen (secondary N) is 1. The molecule has 0 heterocycles. The van der Waals surface area contributed by atoms with E-state index in [1.807, 2.05) is 0 Å². The molecular weight excluding hydrogens is 522 g/mol. The molecule has 1 N–H and O–H groups in total. The van der Waals surface area contributed by atoms with Crippen molar-refractivity contribution in [2.45, 2.75) is 24.4 Å². The van der Waals surface area contributed by atoms with Crippen LogP contribution in [-0.2, 0) is 26.2 Å². The molecule has 11 heteroatoms. The fourth-order valence-corrected chi connectivity index (χ4v) is 5.37. The molecule has 0 spiro atoms.